The fourth-order valence-electron chi connectivity index (χ4n) is 0.520. The summed E-state index contributed by atoms with van der Waals surface area (Å²) in [6.45, 7) is -0.484. The molecule has 0 saturated heterocycles. The van der Waals surface area contributed by atoms with Crippen LogP contribution in [0.4, 0.5) is 0 Å². The molecule has 12 heavy (non-hydrogen) atoms. The van der Waals surface area contributed by atoms with Crippen molar-refractivity contribution in [3.8, 4) is 0 Å². The van der Waals surface area contributed by atoms with Crippen LogP contribution in [-0.2, 0) is 4.79 Å². The quantitative estimate of drug-likeness (QED) is 0.413. The highest BCUT2D eigenvalue weighted by molar-refractivity contribution is 5.84. The normalized spacial score (nSPS) is 17.4. The van der Waals surface area contributed by atoms with E-state index in [9.17, 15) is 4.79 Å². The lowest BCUT2D eigenvalue weighted by atomic mass is 9.97. The maximum Gasteiger partial charge on any atom is 0.189 e. The summed E-state index contributed by atoms with van der Waals surface area (Å²) in [5, 5.41) is 34.7. The van der Waals surface area contributed by atoms with Gasteiger partial charge in [-0.2, -0.15) is 0 Å². The zero-order chi connectivity index (χ0) is 9.07. The zero-order valence-electron chi connectivity index (χ0n) is 6.19. The standard InChI is InChI=1S/C6H12O5.CH4/c1-6(11,3-8)5(10)4(9)2-7;/h5,7-8,10-11H,2-3H2,1H3;1H4. The first kappa shape index (κ1) is 14.1. The van der Waals surface area contributed by atoms with Crippen LogP contribution >= 0.6 is 0 Å². The Bertz CT molecular complexity index is 143. The lowest BCUT2D eigenvalue weighted by Crippen LogP contribution is -2.48. The van der Waals surface area contributed by atoms with Crippen molar-refractivity contribution in [2.75, 3.05) is 13.2 Å². The molecule has 5 nitrogen and oxygen atoms in total. The second-order valence-electron chi connectivity index (χ2n) is 2.54. The van der Waals surface area contributed by atoms with Crippen molar-refractivity contribution in [2.45, 2.75) is 26.1 Å². The molecule has 0 aromatic carbocycles. The lowest BCUT2D eigenvalue weighted by molar-refractivity contribution is -0.149. The molecule has 2 atom stereocenters. The average molecular weight is 180 g/mol. The van der Waals surface area contributed by atoms with Gasteiger partial charge in [0.05, 0.1) is 6.61 Å². The second-order valence-corrected chi connectivity index (χ2v) is 2.54. The summed E-state index contributed by atoms with van der Waals surface area (Å²) < 4.78 is 0. The summed E-state index contributed by atoms with van der Waals surface area (Å²) in [6, 6.07) is 0. The first-order valence-corrected chi connectivity index (χ1v) is 3.10. The SMILES string of the molecule is C.CC(O)(CO)C(O)C(=O)CO. The Morgan fingerprint density at radius 3 is 2.17 bits per heavy atom. The molecule has 0 rings (SSSR count). The molecule has 2 unspecified atom stereocenters. The van der Waals surface area contributed by atoms with Crippen LogP contribution in [0.1, 0.15) is 14.4 Å². The molecule has 0 amide bonds. The fraction of sp³-hybridized carbons (Fsp3) is 0.857. The summed E-state index contributed by atoms with van der Waals surface area (Å²) in [7, 11) is 0. The summed E-state index contributed by atoms with van der Waals surface area (Å²) >= 11 is 0. The van der Waals surface area contributed by atoms with Crippen LogP contribution in [0.5, 0.6) is 0 Å². The van der Waals surface area contributed by atoms with Crippen LogP contribution in [0.15, 0.2) is 0 Å². The molecule has 0 radical (unpaired) electrons. The average Bonchev–Trinajstić information content (AvgIpc) is 2.01. The molecule has 0 aromatic rings. The minimum Gasteiger partial charge on any atom is -0.393 e. The van der Waals surface area contributed by atoms with E-state index in [0.29, 0.717) is 0 Å². The van der Waals surface area contributed by atoms with E-state index >= 15 is 0 Å². The molecular formula is C7H16O5. The van der Waals surface area contributed by atoms with Gasteiger partial charge in [0.15, 0.2) is 5.78 Å². The molecule has 0 aliphatic heterocycles. The minimum atomic E-state index is -1.88. The van der Waals surface area contributed by atoms with E-state index in [1.165, 1.54) is 0 Å². The number of aliphatic hydroxyl groups excluding tert-OH is 3. The highest BCUT2D eigenvalue weighted by atomic mass is 16.4. The molecule has 0 saturated carbocycles. The number of hydrogen-bond donors (Lipinski definition) is 4. The minimum absolute atomic E-state index is 0. The van der Waals surface area contributed by atoms with E-state index in [0.717, 1.165) is 6.92 Å². The number of hydrogen-bond acceptors (Lipinski definition) is 5. The maximum atomic E-state index is 10.5. The molecule has 0 bridgehead atoms. The molecule has 0 aromatic heterocycles. The number of rotatable bonds is 4. The van der Waals surface area contributed by atoms with E-state index in [4.69, 9.17) is 20.4 Å². The summed E-state index contributed by atoms with van der Waals surface area (Å²) in [6.07, 6.45) is -1.74. The largest absolute Gasteiger partial charge is 0.393 e. The van der Waals surface area contributed by atoms with Gasteiger partial charge in [-0.1, -0.05) is 7.43 Å². The van der Waals surface area contributed by atoms with E-state index in [1.54, 1.807) is 0 Å². The third-order valence-corrected chi connectivity index (χ3v) is 1.37. The topological polar surface area (TPSA) is 98.0 Å². The van der Waals surface area contributed by atoms with Crippen molar-refractivity contribution in [2.24, 2.45) is 0 Å². The molecule has 0 aliphatic rings. The van der Waals surface area contributed by atoms with Gasteiger partial charge in [0, 0.05) is 0 Å². The van der Waals surface area contributed by atoms with Gasteiger partial charge < -0.3 is 20.4 Å². The van der Waals surface area contributed by atoms with Gasteiger partial charge in [0.25, 0.3) is 0 Å². The molecular weight excluding hydrogens is 164 g/mol. The Morgan fingerprint density at radius 1 is 1.50 bits per heavy atom. The van der Waals surface area contributed by atoms with Crippen LogP contribution in [0.3, 0.4) is 0 Å². The van der Waals surface area contributed by atoms with Crippen molar-refractivity contribution in [3.05, 3.63) is 0 Å². The third-order valence-electron chi connectivity index (χ3n) is 1.37. The van der Waals surface area contributed by atoms with Crippen molar-refractivity contribution < 1.29 is 25.2 Å². The predicted octanol–water partition coefficient (Wildman–Crippen LogP) is -1.71. The Hall–Kier alpha value is -0.490. The third kappa shape index (κ3) is 3.27. The predicted molar refractivity (Wildman–Crippen MR) is 42.5 cm³/mol. The van der Waals surface area contributed by atoms with Crippen LogP contribution in [0, 0.1) is 0 Å². The summed E-state index contributed by atoms with van der Waals surface area (Å²) in [4.78, 5) is 10.5. The van der Waals surface area contributed by atoms with E-state index in [1.807, 2.05) is 0 Å². The number of ketones is 1. The molecule has 0 spiro atoms. The Labute approximate surface area is 71.3 Å². The second kappa shape index (κ2) is 5.21. The molecule has 0 aliphatic carbocycles. The molecule has 0 heterocycles. The van der Waals surface area contributed by atoms with Crippen molar-refractivity contribution in [1.29, 1.82) is 0 Å². The first-order chi connectivity index (χ1) is 4.95. The molecule has 5 heteroatoms. The summed E-state index contributed by atoms with van der Waals surface area (Å²) in [5.41, 5.74) is -1.88. The number of Topliss-reactive ketones (excluding diaryl/α,β-unsaturated/α-hetero) is 1. The van der Waals surface area contributed by atoms with Crippen molar-refractivity contribution in [3.63, 3.8) is 0 Å². The Kier molecular flexibility index (Phi) is 6.10. The highest BCUT2D eigenvalue weighted by Gasteiger charge is 2.34. The monoisotopic (exact) mass is 180 g/mol. The van der Waals surface area contributed by atoms with E-state index < -0.39 is 30.7 Å². The first-order valence-electron chi connectivity index (χ1n) is 3.10. The van der Waals surface area contributed by atoms with Crippen LogP contribution in [-0.4, -0.2) is 51.1 Å². The van der Waals surface area contributed by atoms with Crippen LogP contribution in [0.2, 0.25) is 0 Å². The zero-order valence-corrected chi connectivity index (χ0v) is 6.19. The summed E-state index contributed by atoms with van der Waals surface area (Å²) in [5.74, 6) is -0.913. The Morgan fingerprint density at radius 2 is 1.92 bits per heavy atom. The van der Waals surface area contributed by atoms with Gasteiger partial charge in [-0.05, 0) is 6.92 Å². The fourth-order valence-corrected chi connectivity index (χ4v) is 0.520. The lowest BCUT2D eigenvalue weighted by Gasteiger charge is -2.24. The molecule has 74 valence electrons. The van der Waals surface area contributed by atoms with Gasteiger partial charge >= 0.3 is 0 Å². The van der Waals surface area contributed by atoms with Crippen LogP contribution < -0.4 is 0 Å². The van der Waals surface area contributed by atoms with E-state index in [-0.39, 0.29) is 7.43 Å². The van der Waals surface area contributed by atoms with Gasteiger partial charge in [0.2, 0.25) is 0 Å². The van der Waals surface area contributed by atoms with Crippen LogP contribution in [0.25, 0.3) is 0 Å². The highest BCUT2D eigenvalue weighted by Crippen LogP contribution is 2.08. The smallest absolute Gasteiger partial charge is 0.189 e. The number of aliphatic hydroxyl groups is 4. The van der Waals surface area contributed by atoms with Crippen molar-refractivity contribution in [1.82, 2.24) is 0 Å². The molecule has 0 fully saturated rings. The van der Waals surface area contributed by atoms with Gasteiger partial charge in [-0.3, -0.25) is 4.79 Å². The van der Waals surface area contributed by atoms with Gasteiger partial charge in [0.1, 0.15) is 18.3 Å². The Balaban J connectivity index is 0. The number of carbonyl (C=O) groups is 1. The molecule has 4 N–H and O–H groups in total. The van der Waals surface area contributed by atoms with Gasteiger partial charge in [-0.25, -0.2) is 0 Å². The van der Waals surface area contributed by atoms with Crippen molar-refractivity contribution >= 4 is 5.78 Å². The maximum absolute atomic E-state index is 10.5. The van der Waals surface area contributed by atoms with Gasteiger partial charge in [-0.15, -0.1) is 0 Å². The van der Waals surface area contributed by atoms with E-state index in [2.05, 4.69) is 0 Å². The number of carbonyl (C=O) groups excluding carboxylic acids is 1.